The first kappa shape index (κ1) is 15.2. The molecule has 0 aromatic carbocycles. The molecule has 0 aromatic rings. The molecule has 0 unspecified atom stereocenters. The van der Waals surface area contributed by atoms with E-state index in [1.165, 1.54) is 19.2 Å². The lowest BCUT2D eigenvalue weighted by atomic mass is 10.0. The van der Waals surface area contributed by atoms with Crippen molar-refractivity contribution < 1.29 is 9.18 Å². The van der Waals surface area contributed by atoms with Crippen LogP contribution in [-0.2, 0) is 4.79 Å². The minimum atomic E-state index is -0.502. The molecule has 0 fully saturated rings. The Morgan fingerprint density at radius 2 is 2.06 bits per heavy atom. The summed E-state index contributed by atoms with van der Waals surface area (Å²) in [5.74, 6) is -0.502. The first-order chi connectivity index (χ1) is 8.08. The Labute approximate surface area is 102 Å². The van der Waals surface area contributed by atoms with E-state index in [-0.39, 0.29) is 0 Å². The van der Waals surface area contributed by atoms with Crippen molar-refractivity contribution in [1.29, 1.82) is 0 Å². The molecular weight excluding hydrogens is 217 g/mol. The topological polar surface area (TPSA) is 29.4 Å². The molecule has 0 radical (unpaired) electrons. The number of aldehydes is 1. The third-order valence-electron chi connectivity index (χ3n) is 2.29. The van der Waals surface area contributed by atoms with Crippen LogP contribution in [0.4, 0.5) is 4.39 Å². The number of hydrogen-bond donors (Lipinski definition) is 0. The molecule has 3 heteroatoms. The molecule has 0 saturated carbocycles. The average Bonchev–Trinajstić information content (AvgIpc) is 2.36. The summed E-state index contributed by atoms with van der Waals surface area (Å²) in [5.41, 5.74) is 2.23. The van der Waals surface area contributed by atoms with E-state index in [0.29, 0.717) is 12.0 Å². The predicted octanol–water partition coefficient (Wildman–Crippen LogP) is 3.58. The number of nitrogens with zero attached hydrogens (tertiary/aromatic N) is 1. The van der Waals surface area contributed by atoms with Crippen LogP contribution in [0, 0.1) is 0 Å². The molecule has 0 saturated heterocycles. The molecule has 0 N–H and O–H groups in total. The Bertz CT molecular complexity index is 390. The lowest BCUT2D eigenvalue weighted by Gasteiger charge is -2.03. The van der Waals surface area contributed by atoms with Gasteiger partial charge in [-0.1, -0.05) is 31.7 Å². The highest BCUT2D eigenvalue weighted by molar-refractivity contribution is 5.88. The van der Waals surface area contributed by atoms with Crippen LogP contribution in [-0.4, -0.2) is 19.3 Å². The molecule has 0 bridgehead atoms. The fourth-order valence-electron chi connectivity index (χ4n) is 1.19. The minimum Gasteiger partial charge on any atom is -0.298 e. The van der Waals surface area contributed by atoms with E-state index >= 15 is 0 Å². The molecule has 0 atom stereocenters. The van der Waals surface area contributed by atoms with Gasteiger partial charge in [0.15, 0.2) is 0 Å². The van der Waals surface area contributed by atoms with Crippen molar-refractivity contribution in [1.82, 2.24) is 0 Å². The molecule has 0 aliphatic heterocycles. The number of halogens is 1. The largest absolute Gasteiger partial charge is 0.298 e. The second kappa shape index (κ2) is 8.39. The van der Waals surface area contributed by atoms with E-state index in [2.05, 4.69) is 11.6 Å². The second-order valence-corrected chi connectivity index (χ2v) is 3.41. The van der Waals surface area contributed by atoms with Crippen LogP contribution in [0.25, 0.3) is 0 Å². The van der Waals surface area contributed by atoms with Crippen molar-refractivity contribution >= 4 is 12.3 Å². The highest BCUT2D eigenvalue weighted by Crippen LogP contribution is 2.14. The summed E-state index contributed by atoms with van der Waals surface area (Å²) in [5, 5.41) is 0. The molecule has 0 rings (SSSR count). The standard InChI is InChI=1S/C14H18FNO/c1-5-12(10-17)8-7-11(3)13(6-2)9-14(15)16-4/h5,7-10H,1,6H2,2-4H3/b11-7+,12-8+,13-9+,16-14+. The zero-order chi connectivity index (χ0) is 13.3. The number of carbonyl (C=O) groups excluding carboxylic acids is 1. The fourth-order valence-corrected chi connectivity index (χ4v) is 1.19. The molecule has 0 heterocycles. The van der Waals surface area contributed by atoms with Crippen molar-refractivity contribution in [3.05, 3.63) is 47.6 Å². The molecule has 0 aromatic heterocycles. The number of carbonyl (C=O) groups is 1. The fraction of sp³-hybridized carbons (Fsp3) is 0.286. The maximum absolute atomic E-state index is 13.0. The van der Waals surface area contributed by atoms with Gasteiger partial charge in [-0.25, -0.2) is 0 Å². The van der Waals surface area contributed by atoms with E-state index in [9.17, 15) is 9.18 Å². The van der Waals surface area contributed by atoms with E-state index in [1.54, 1.807) is 12.2 Å². The van der Waals surface area contributed by atoms with Gasteiger partial charge in [0.05, 0.1) is 0 Å². The van der Waals surface area contributed by atoms with Crippen molar-refractivity contribution in [3.63, 3.8) is 0 Å². The van der Waals surface area contributed by atoms with Gasteiger partial charge >= 0.3 is 0 Å². The molecule has 17 heavy (non-hydrogen) atoms. The van der Waals surface area contributed by atoms with E-state index in [1.807, 2.05) is 13.8 Å². The van der Waals surface area contributed by atoms with Crippen LogP contribution in [0.2, 0.25) is 0 Å². The molecule has 0 aliphatic carbocycles. The maximum Gasteiger partial charge on any atom is 0.208 e. The van der Waals surface area contributed by atoms with Crippen molar-refractivity contribution in [2.75, 3.05) is 7.05 Å². The number of allylic oxidation sites excluding steroid dienone is 7. The maximum atomic E-state index is 13.0. The summed E-state index contributed by atoms with van der Waals surface area (Å²) >= 11 is 0. The van der Waals surface area contributed by atoms with Crippen molar-refractivity contribution in [3.8, 4) is 0 Å². The monoisotopic (exact) mass is 235 g/mol. The summed E-state index contributed by atoms with van der Waals surface area (Å²) in [6.45, 7) is 7.31. The zero-order valence-corrected chi connectivity index (χ0v) is 10.5. The number of hydrogen-bond acceptors (Lipinski definition) is 2. The lowest BCUT2D eigenvalue weighted by Crippen LogP contribution is -1.90. The summed E-state index contributed by atoms with van der Waals surface area (Å²) < 4.78 is 13.0. The van der Waals surface area contributed by atoms with Gasteiger partial charge in [0.25, 0.3) is 0 Å². The van der Waals surface area contributed by atoms with E-state index in [0.717, 1.165) is 17.4 Å². The van der Waals surface area contributed by atoms with Gasteiger partial charge in [-0.3, -0.25) is 9.79 Å². The van der Waals surface area contributed by atoms with Crippen LogP contribution >= 0.6 is 0 Å². The van der Waals surface area contributed by atoms with Crippen LogP contribution in [0.15, 0.2) is 52.6 Å². The summed E-state index contributed by atoms with van der Waals surface area (Å²) in [7, 11) is 1.40. The first-order valence-electron chi connectivity index (χ1n) is 5.38. The Hall–Kier alpha value is -1.77. The molecule has 0 spiro atoms. The summed E-state index contributed by atoms with van der Waals surface area (Å²) in [6.07, 6.45) is 7.71. The highest BCUT2D eigenvalue weighted by atomic mass is 19.1. The normalized spacial score (nSPS) is 14.8. The smallest absolute Gasteiger partial charge is 0.208 e. The zero-order valence-electron chi connectivity index (χ0n) is 10.5. The number of rotatable bonds is 6. The van der Waals surface area contributed by atoms with Gasteiger partial charge in [-0.05, 0) is 30.6 Å². The van der Waals surface area contributed by atoms with E-state index in [4.69, 9.17) is 0 Å². The van der Waals surface area contributed by atoms with Crippen molar-refractivity contribution in [2.24, 2.45) is 4.99 Å². The van der Waals surface area contributed by atoms with Gasteiger partial charge in [0.2, 0.25) is 5.97 Å². The van der Waals surface area contributed by atoms with Crippen LogP contribution in [0.5, 0.6) is 0 Å². The predicted molar refractivity (Wildman–Crippen MR) is 70.9 cm³/mol. The van der Waals surface area contributed by atoms with Crippen molar-refractivity contribution in [2.45, 2.75) is 20.3 Å². The van der Waals surface area contributed by atoms with Crippen LogP contribution in [0.3, 0.4) is 0 Å². The third kappa shape index (κ3) is 5.76. The van der Waals surface area contributed by atoms with Gasteiger partial charge in [0.1, 0.15) is 6.29 Å². The van der Waals surface area contributed by atoms with Gasteiger partial charge in [-0.15, -0.1) is 0 Å². The Kier molecular flexibility index (Phi) is 7.52. The lowest BCUT2D eigenvalue weighted by molar-refractivity contribution is -0.104. The molecular formula is C14H18FNO. The average molecular weight is 235 g/mol. The second-order valence-electron chi connectivity index (χ2n) is 3.41. The summed E-state index contributed by atoms with van der Waals surface area (Å²) in [6, 6.07) is 0. The minimum absolute atomic E-state index is 0.490. The quantitative estimate of drug-likeness (QED) is 0.299. The molecule has 0 aliphatic rings. The van der Waals surface area contributed by atoms with Gasteiger partial charge in [-0.2, -0.15) is 4.39 Å². The van der Waals surface area contributed by atoms with Gasteiger partial charge in [0, 0.05) is 12.6 Å². The van der Waals surface area contributed by atoms with Crippen LogP contribution in [0.1, 0.15) is 20.3 Å². The highest BCUT2D eigenvalue weighted by Gasteiger charge is 1.99. The Balaban J connectivity index is 5.12. The number of aliphatic imine (C=N–C) groups is 1. The van der Waals surface area contributed by atoms with Gasteiger partial charge < -0.3 is 0 Å². The Morgan fingerprint density at radius 3 is 2.47 bits per heavy atom. The summed E-state index contributed by atoms with van der Waals surface area (Å²) in [4.78, 5) is 14.0. The first-order valence-corrected chi connectivity index (χ1v) is 5.38. The Morgan fingerprint density at radius 1 is 1.41 bits per heavy atom. The molecule has 2 nitrogen and oxygen atoms in total. The molecule has 0 amide bonds. The van der Waals surface area contributed by atoms with Crippen LogP contribution < -0.4 is 0 Å². The third-order valence-corrected chi connectivity index (χ3v) is 2.29. The SMILES string of the molecule is C=C\C(C=O)=C/C=C(C)/C(=C/C(F)=N\C)CC. The molecule has 92 valence electrons. The van der Waals surface area contributed by atoms with E-state index < -0.39 is 5.97 Å².